The van der Waals surface area contributed by atoms with Crippen LogP contribution >= 0.6 is 0 Å². The van der Waals surface area contributed by atoms with E-state index in [2.05, 4.69) is 4.98 Å². The van der Waals surface area contributed by atoms with E-state index in [4.69, 9.17) is 14.0 Å². The highest BCUT2D eigenvalue weighted by molar-refractivity contribution is 6.62. The Hall–Kier alpha value is -1.67. The standard InChI is InChI=1S/C21H32BFN2O4/c1-19(2,3)27-18(26)25-10-8-9-14(13-25)17-11-16(23)15(12-24-17)22-28-20(4,5)21(6,7)29-22/h11-12,14H,8-10,13H2,1-7H3. The summed E-state index contributed by atoms with van der Waals surface area (Å²) >= 11 is 0. The summed E-state index contributed by atoms with van der Waals surface area (Å²) in [7, 11) is -0.786. The van der Waals surface area contributed by atoms with Crippen LogP contribution in [0.5, 0.6) is 0 Å². The van der Waals surface area contributed by atoms with Crippen molar-refractivity contribution in [3.05, 3.63) is 23.8 Å². The summed E-state index contributed by atoms with van der Waals surface area (Å²) in [6, 6.07) is 1.45. The second kappa shape index (κ2) is 7.54. The van der Waals surface area contributed by atoms with E-state index in [9.17, 15) is 9.18 Å². The minimum absolute atomic E-state index is 0.0295. The molecule has 2 aliphatic heterocycles. The first-order valence-corrected chi connectivity index (χ1v) is 10.3. The molecule has 0 saturated carbocycles. The number of halogens is 1. The van der Waals surface area contributed by atoms with Gasteiger partial charge in [-0.15, -0.1) is 0 Å². The van der Waals surface area contributed by atoms with Crippen molar-refractivity contribution < 1.29 is 23.2 Å². The molecule has 1 unspecified atom stereocenters. The minimum Gasteiger partial charge on any atom is -0.444 e. The number of rotatable bonds is 2. The number of aromatic nitrogens is 1. The largest absolute Gasteiger partial charge is 0.499 e. The molecular formula is C21H32BFN2O4. The number of ether oxygens (including phenoxy) is 1. The van der Waals surface area contributed by atoms with Gasteiger partial charge in [0.15, 0.2) is 0 Å². The van der Waals surface area contributed by atoms with Crippen LogP contribution in [0.3, 0.4) is 0 Å². The highest BCUT2D eigenvalue weighted by atomic mass is 19.1. The summed E-state index contributed by atoms with van der Waals surface area (Å²) in [6.45, 7) is 14.4. The zero-order chi connectivity index (χ0) is 21.6. The number of amides is 1. The maximum absolute atomic E-state index is 14.9. The fourth-order valence-electron chi connectivity index (χ4n) is 3.53. The average Bonchev–Trinajstić information content (AvgIpc) is 2.81. The third-order valence-electron chi connectivity index (χ3n) is 5.90. The molecule has 0 radical (unpaired) electrons. The van der Waals surface area contributed by atoms with Crippen LogP contribution in [-0.2, 0) is 14.0 Å². The van der Waals surface area contributed by atoms with Gasteiger partial charge in [0, 0.05) is 36.4 Å². The maximum atomic E-state index is 14.9. The van der Waals surface area contributed by atoms with Crippen molar-refractivity contribution in [1.82, 2.24) is 9.88 Å². The zero-order valence-electron chi connectivity index (χ0n) is 18.5. The number of nitrogens with zero attached hydrogens (tertiary/aromatic N) is 2. The Morgan fingerprint density at radius 3 is 2.45 bits per heavy atom. The fourth-order valence-corrected chi connectivity index (χ4v) is 3.53. The van der Waals surface area contributed by atoms with Gasteiger partial charge in [0.25, 0.3) is 0 Å². The topological polar surface area (TPSA) is 60.9 Å². The van der Waals surface area contributed by atoms with Crippen molar-refractivity contribution in [2.24, 2.45) is 0 Å². The van der Waals surface area contributed by atoms with Gasteiger partial charge in [0.2, 0.25) is 0 Å². The van der Waals surface area contributed by atoms with E-state index in [-0.39, 0.29) is 12.0 Å². The van der Waals surface area contributed by atoms with Crippen LogP contribution in [0.2, 0.25) is 0 Å². The molecule has 0 bridgehead atoms. The molecule has 0 aliphatic carbocycles. The third kappa shape index (κ3) is 4.74. The van der Waals surface area contributed by atoms with Gasteiger partial charge in [-0.2, -0.15) is 0 Å². The number of piperidine rings is 1. The number of pyridine rings is 1. The average molecular weight is 406 g/mol. The number of hydrogen-bond donors (Lipinski definition) is 0. The SMILES string of the molecule is CC(C)(C)OC(=O)N1CCCC(c2cc(F)c(B3OC(C)(C)C(C)(C)O3)cn2)C1. The van der Waals surface area contributed by atoms with Crippen molar-refractivity contribution in [2.75, 3.05) is 13.1 Å². The van der Waals surface area contributed by atoms with Crippen LogP contribution in [-0.4, -0.2) is 53.0 Å². The molecular weight excluding hydrogens is 374 g/mol. The molecule has 3 heterocycles. The number of likely N-dealkylation sites (tertiary alicyclic amines) is 1. The minimum atomic E-state index is -0.786. The monoisotopic (exact) mass is 406 g/mol. The summed E-state index contributed by atoms with van der Waals surface area (Å²) in [5, 5.41) is 0. The Balaban J connectivity index is 1.73. The first-order valence-electron chi connectivity index (χ1n) is 10.3. The van der Waals surface area contributed by atoms with Gasteiger partial charge in [0.1, 0.15) is 11.4 Å². The highest BCUT2D eigenvalue weighted by Crippen LogP contribution is 2.36. The van der Waals surface area contributed by atoms with Crippen LogP contribution < -0.4 is 5.46 Å². The lowest BCUT2D eigenvalue weighted by Gasteiger charge is -2.34. The van der Waals surface area contributed by atoms with Crippen molar-refractivity contribution in [3.8, 4) is 0 Å². The third-order valence-corrected chi connectivity index (χ3v) is 5.90. The molecule has 2 saturated heterocycles. The smallest absolute Gasteiger partial charge is 0.444 e. The van der Waals surface area contributed by atoms with Crippen LogP contribution in [0.1, 0.15) is 72.9 Å². The van der Waals surface area contributed by atoms with Gasteiger partial charge in [-0.25, -0.2) is 9.18 Å². The van der Waals surface area contributed by atoms with Crippen molar-refractivity contribution >= 4 is 18.7 Å². The van der Waals surface area contributed by atoms with E-state index in [1.807, 2.05) is 48.5 Å². The van der Waals surface area contributed by atoms with E-state index in [0.717, 1.165) is 12.8 Å². The van der Waals surface area contributed by atoms with Crippen LogP contribution in [0.25, 0.3) is 0 Å². The molecule has 2 fully saturated rings. The predicted octanol–water partition coefficient (Wildman–Crippen LogP) is 3.63. The molecule has 2 aliphatic rings. The van der Waals surface area contributed by atoms with Gasteiger partial charge >= 0.3 is 13.2 Å². The van der Waals surface area contributed by atoms with Gasteiger partial charge in [-0.1, -0.05) is 0 Å². The van der Waals surface area contributed by atoms with Gasteiger partial charge in [0.05, 0.1) is 11.2 Å². The van der Waals surface area contributed by atoms with Crippen LogP contribution in [0.15, 0.2) is 12.3 Å². The molecule has 160 valence electrons. The van der Waals surface area contributed by atoms with E-state index >= 15 is 0 Å². The lowest BCUT2D eigenvalue weighted by molar-refractivity contribution is 0.00578. The summed E-state index contributed by atoms with van der Waals surface area (Å²) in [6.07, 6.45) is 2.84. The quantitative estimate of drug-likeness (QED) is 0.702. The van der Waals surface area contributed by atoms with Crippen molar-refractivity contribution in [2.45, 2.75) is 84.0 Å². The maximum Gasteiger partial charge on any atom is 0.499 e. The first kappa shape index (κ1) is 22.0. The Morgan fingerprint density at radius 2 is 1.90 bits per heavy atom. The van der Waals surface area contributed by atoms with Gasteiger partial charge < -0.3 is 18.9 Å². The van der Waals surface area contributed by atoms with E-state index < -0.39 is 29.7 Å². The number of carbonyl (C=O) groups is 1. The van der Waals surface area contributed by atoms with Crippen molar-refractivity contribution in [1.29, 1.82) is 0 Å². The second-order valence-electron chi connectivity index (χ2n) is 9.98. The number of carbonyl (C=O) groups excluding carboxylic acids is 1. The van der Waals surface area contributed by atoms with E-state index in [1.54, 1.807) is 4.90 Å². The second-order valence-corrected chi connectivity index (χ2v) is 9.98. The zero-order valence-corrected chi connectivity index (χ0v) is 18.5. The summed E-state index contributed by atoms with van der Waals surface area (Å²) in [5.74, 6) is -0.430. The molecule has 8 heteroatoms. The lowest BCUT2D eigenvalue weighted by atomic mass is 9.79. The number of hydrogen-bond acceptors (Lipinski definition) is 5. The normalized spacial score (nSPS) is 23.9. The van der Waals surface area contributed by atoms with E-state index in [1.165, 1.54) is 12.3 Å². The van der Waals surface area contributed by atoms with Crippen molar-refractivity contribution in [3.63, 3.8) is 0 Å². The van der Waals surface area contributed by atoms with Crippen LogP contribution in [0, 0.1) is 5.82 Å². The molecule has 0 N–H and O–H groups in total. The van der Waals surface area contributed by atoms with Crippen LogP contribution in [0.4, 0.5) is 9.18 Å². The van der Waals surface area contributed by atoms with E-state index in [0.29, 0.717) is 24.2 Å². The summed E-state index contributed by atoms with van der Waals surface area (Å²) < 4.78 is 32.3. The molecule has 1 aromatic rings. The molecule has 1 aromatic heterocycles. The Labute approximate surface area is 173 Å². The van der Waals surface area contributed by atoms with Gasteiger partial charge in [-0.3, -0.25) is 4.98 Å². The van der Waals surface area contributed by atoms with Gasteiger partial charge in [-0.05, 0) is 67.4 Å². The highest BCUT2D eigenvalue weighted by Gasteiger charge is 2.52. The fraction of sp³-hybridized carbons (Fsp3) is 0.714. The summed E-state index contributed by atoms with van der Waals surface area (Å²) in [5.41, 5.74) is -0.692. The first-order chi connectivity index (χ1) is 13.3. The Kier molecular flexibility index (Phi) is 5.73. The molecule has 3 rings (SSSR count). The lowest BCUT2D eigenvalue weighted by Crippen LogP contribution is -2.42. The summed E-state index contributed by atoms with van der Waals surface area (Å²) in [4.78, 5) is 18.6. The molecule has 6 nitrogen and oxygen atoms in total. The predicted molar refractivity (Wildman–Crippen MR) is 110 cm³/mol. The molecule has 29 heavy (non-hydrogen) atoms. The Morgan fingerprint density at radius 1 is 1.28 bits per heavy atom. The molecule has 0 spiro atoms. The molecule has 1 atom stereocenters. The molecule has 0 aromatic carbocycles. The molecule has 1 amide bonds. The Bertz CT molecular complexity index is 762.